The largest absolute Gasteiger partial charge is 0.381 e. The van der Waals surface area contributed by atoms with E-state index in [-0.39, 0.29) is 29.0 Å². The molecular formula is C28H33FN2O3. The second-order valence-corrected chi connectivity index (χ2v) is 10.3. The van der Waals surface area contributed by atoms with Gasteiger partial charge in [0.15, 0.2) is 0 Å². The zero-order valence-electron chi connectivity index (χ0n) is 19.6. The maximum absolute atomic E-state index is 14.0. The summed E-state index contributed by atoms with van der Waals surface area (Å²) in [5.41, 5.74) is 1.63. The number of carbonyl (C=O) groups is 2. The van der Waals surface area contributed by atoms with Crippen LogP contribution in [0.15, 0.2) is 54.6 Å². The molecule has 5 rings (SSSR count). The van der Waals surface area contributed by atoms with Gasteiger partial charge < -0.3 is 15.0 Å². The maximum atomic E-state index is 14.0. The lowest BCUT2D eigenvalue weighted by Gasteiger charge is -2.50. The molecule has 3 heterocycles. The third-order valence-corrected chi connectivity index (χ3v) is 8.36. The summed E-state index contributed by atoms with van der Waals surface area (Å²) < 4.78 is 19.2. The SMILES string of the molecule is O=C1CC2(CCN(C(=O)C3(Cc4ccccc4)CCOCC3)CC2)[C@H](c2ccc(F)cc2)CN1. The van der Waals surface area contributed by atoms with Gasteiger partial charge in [-0.25, -0.2) is 4.39 Å². The fourth-order valence-electron chi connectivity index (χ4n) is 6.34. The smallest absolute Gasteiger partial charge is 0.229 e. The Balaban J connectivity index is 1.34. The highest BCUT2D eigenvalue weighted by Gasteiger charge is 2.49. The van der Waals surface area contributed by atoms with E-state index in [4.69, 9.17) is 4.74 Å². The molecule has 0 aliphatic carbocycles. The van der Waals surface area contributed by atoms with Gasteiger partial charge in [0.05, 0.1) is 5.41 Å². The van der Waals surface area contributed by atoms with E-state index in [1.54, 1.807) is 0 Å². The van der Waals surface area contributed by atoms with Crippen molar-refractivity contribution in [1.29, 1.82) is 0 Å². The summed E-state index contributed by atoms with van der Waals surface area (Å²) in [6.07, 6.45) is 4.24. The van der Waals surface area contributed by atoms with Crippen LogP contribution in [0.4, 0.5) is 4.39 Å². The second-order valence-electron chi connectivity index (χ2n) is 10.3. The van der Waals surface area contributed by atoms with Gasteiger partial charge in [-0.1, -0.05) is 42.5 Å². The van der Waals surface area contributed by atoms with Crippen LogP contribution in [-0.4, -0.2) is 49.6 Å². The van der Waals surface area contributed by atoms with Gasteiger partial charge in [0, 0.05) is 45.2 Å². The number of piperidine rings is 2. The number of likely N-dealkylation sites (tertiary alicyclic amines) is 1. The lowest BCUT2D eigenvalue weighted by molar-refractivity contribution is -0.151. The van der Waals surface area contributed by atoms with Gasteiger partial charge in [-0.2, -0.15) is 0 Å². The second kappa shape index (κ2) is 9.49. The van der Waals surface area contributed by atoms with Crippen LogP contribution in [0.3, 0.4) is 0 Å². The van der Waals surface area contributed by atoms with E-state index in [9.17, 15) is 14.0 Å². The van der Waals surface area contributed by atoms with E-state index < -0.39 is 5.41 Å². The molecule has 180 valence electrons. The average Bonchev–Trinajstić information content (AvgIpc) is 2.86. The Morgan fingerprint density at radius 3 is 2.35 bits per heavy atom. The summed E-state index contributed by atoms with van der Waals surface area (Å²) >= 11 is 0. The van der Waals surface area contributed by atoms with Gasteiger partial charge in [-0.3, -0.25) is 9.59 Å². The third-order valence-electron chi connectivity index (χ3n) is 8.36. The number of nitrogens with zero attached hydrogens (tertiary/aromatic N) is 1. The van der Waals surface area contributed by atoms with E-state index in [1.165, 1.54) is 17.7 Å². The quantitative estimate of drug-likeness (QED) is 0.742. The highest BCUT2D eigenvalue weighted by atomic mass is 19.1. The van der Waals surface area contributed by atoms with Crippen molar-refractivity contribution in [3.05, 3.63) is 71.5 Å². The van der Waals surface area contributed by atoms with Crippen molar-refractivity contribution in [3.63, 3.8) is 0 Å². The van der Waals surface area contributed by atoms with Crippen molar-refractivity contribution in [2.45, 2.75) is 44.4 Å². The van der Waals surface area contributed by atoms with Crippen LogP contribution in [0.2, 0.25) is 0 Å². The van der Waals surface area contributed by atoms with Gasteiger partial charge in [0.25, 0.3) is 0 Å². The van der Waals surface area contributed by atoms with Crippen molar-refractivity contribution in [2.75, 3.05) is 32.8 Å². The number of benzene rings is 2. The first-order valence-corrected chi connectivity index (χ1v) is 12.4. The van der Waals surface area contributed by atoms with Crippen molar-refractivity contribution in [2.24, 2.45) is 10.8 Å². The molecular weight excluding hydrogens is 431 g/mol. The standard InChI is InChI=1S/C28H33FN2O3/c29-23-8-6-22(7-9-23)24-20-30-25(32)19-27(24)10-14-31(15-11-27)26(33)28(12-16-34-17-13-28)18-21-4-2-1-3-5-21/h1-9,24H,10-20H2,(H,30,32)/t24-/m0/s1. The molecule has 6 heteroatoms. The molecule has 1 N–H and O–H groups in total. The van der Waals surface area contributed by atoms with Gasteiger partial charge in [-0.15, -0.1) is 0 Å². The fourth-order valence-corrected chi connectivity index (χ4v) is 6.34. The lowest BCUT2D eigenvalue weighted by Crippen LogP contribution is -2.56. The molecule has 3 fully saturated rings. The van der Waals surface area contributed by atoms with Gasteiger partial charge in [0.1, 0.15) is 5.82 Å². The number of amides is 2. The Labute approximate surface area is 200 Å². The molecule has 2 aromatic carbocycles. The lowest BCUT2D eigenvalue weighted by atomic mass is 9.62. The topological polar surface area (TPSA) is 58.6 Å². The van der Waals surface area contributed by atoms with Crippen molar-refractivity contribution < 1.29 is 18.7 Å². The summed E-state index contributed by atoms with van der Waals surface area (Å²) in [4.78, 5) is 28.4. The zero-order valence-corrected chi connectivity index (χ0v) is 19.6. The number of hydrogen-bond donors (Lipinski definition) is 1. The van der Waals surface area contributed by atoms with E-state index in [0.29, 0.717) is 39.3 Å². The molecule has 3 saturated heterocycles. The first-order chi connectivity index (χ1) is 16.5. The predicted molar refractivity (Wildman–Crippen MR) is 128 cm³/mol. The van der Waals surface area contributed by atoms with Crippen LogP contribution in [-0.2, 0) is 20.7 Å². The van der Waals surface area contributed by atoms with E-state index in [1.807, 2.05) is 35.2 Å². The van der Waals surface area contributed by atoms with Crippen molar-refractivity contribution >= 4 is 11.8 Å². The van der Waals surface area contributed by atoms with Crippen LogP contribution in [0.25, 0.3) is 0 Å². The van der Waals surface area contributed by atoms with Gasteiger partial charge in [-0.05, 0) is 60.8 Å². The minimum atomic E-state index is -0.426. The Morgan fingerprint density at radius 1 is 1.00 bits per heavy atom. The summed E-state index contributed by atoms with van der Waals surface area (Å²) in [7, 11) is 0. The van der Waals surface area contributed by atoms with E-state index in [2.05, 4.69) is 17.4 Å². The molecule has 3 aliphatic rings. The van der Waals surface area contributed by atoms with Crippen LogP contribution >= 0.6 is 0 Å². The molecule has 2 amide bonds. The van der Waals surface area contributed by atoms with E-state index in [0.717, 1.165) is 37.7 Å². The summed E-state index contributed by atoms with van der Waals surface area (Å²) in [5.74, 6) is 0.179. The molecule has 2 aromatic rings. The van der Waals surface area contributed by atoms with Gasteiger partial charge in [0.2, 0.25) is 11.8 Å². The Kier molecular flexibility index (Phi) is 6.43. The van der Waals surface area contributed by atoms with Crippen LogP contribution in [0.5, 0.6) is 0 Å². The number of rotatable bonds is 4. The maximum Gasteiger partial charge on any atom is 0.229 e. The number of nitrogens with one attached hydrogen (secondary N) is 1. The first kappa shape index (κ1) is 23.0. The number of halogens is 1. The average molecular weight is 465 g/mol. The van der Waals surface area contributed by atoms with Gasteiger partial charge >= 0.3 is 0 Å². The molecule has 0 aromatic heterocycles. The Hall–Kier alpha value is -2.73. The summed E-state index contributed by atoms with van der Waals surface area (Å²) in [5, 5.41) is 3.01. The number of hydrogen-bond acceptors (Lipinski definition) is 3. The van der Waals surface area contributed by atoms with Crippen molar-refractivity contribution in [3.8, 4) is 0 Å². The van der Waals surface area contributed by atoms with Crippen molar-refractivity contribution in [1.82, 2.24) is 10.2 Å². The highest BCUT2D eigenvalue weighted by molar-refractivity contribution is 5.83. The molecule has 1 atom stereocenters. The molecule has 34 heavy (non-hydrogen) atoms. The molecule has 1 spiro atoms. The number of carbonyl (C=O) groups excluding carboxylic acids is 2. The summed E-state index contributed by atoms with van der Waals surface area (Å²) in [6, 6.07) is 16.9. The van der Waals surface area contributed by atoms with Crippen LogP contribution < -0.4 is 5.32 Å². The molecule has 3 aliphatic heterocycles. The third kappa shape index (κ3) is 4.48. The fraction of sp³-hybridized carbons (Fsp3) is 0.500. The molecule has 0 radical (unpaired) electrons. The summed E-state index contributed by atoms with van der Waals surface area (Å²) in [6.45, 7) is 3.10. The first-order valence-electron chi connectivity index (χ1n) is 12.4. The number of ether oxygens (including phenoxy) is 1. The monoisotopic (exact) mass is 464 g/mol. The minimum absolute atomic E-state index is 0.0723. The minimum Gasteiger partial charge on any atom is -0.381 e. The Morgan fingerprint density at radius 2 is 1.68 bits per heavy atom. The van der Waals surface area contributed by atoms with Crippen LogP contribution in [0.1, 0.15) is 49.1 Å². The molecule has 0 bridgehead atoms. The molecule has 0 saturated carbocycles. The molecule has 5 nitrogen and oxygen atoms in total. The van der Waals surface area contributed by atoms with Crippen LogP contribution in [0, 0.1) is 16.6 Å². The normalized spacial score (nSPS) is 24.0. The molecule has 0 unspecified atom stereocenters. The highest BCUT2D eigenvalue weighted by Crippen LogP contribution is 2.49. The predicted octanol–water partition coefficient (Wildman–Crippen LogP) is 4.08. The van der Waals surface area contributed by atoms with E-state index >= 15 is 0 Å². The zero-order chi connectivity index (χ0) is 23.6. The Bertz CT molecular complexity index is 1010.